The molecule has 0 spiro atoms. The fourth-order valence-corrected chi connectivity index (χ4v) is 2.91. The molecule has 2 amide bonds. The number of halogens is 1. The van der Waals surface area contributed by atoms with Crippen LogP contribution in [0.2, 0.25) is 0 Å². The first-order valence-electron chi connectivity index (χ1n) is 6.34. The highest BCUT2D eigenvalue weighted by atomic mass is 79.9. The second-order valence-electron chi connectivity index (χ2n) is 4.84. The van der Waals surface area contributed by atoms with Crippen LogP contribution in [0.5, 0.6) is 0 Å². The van der Waals surface area contributed by atoms with Crippen LogP contribution in [0.15, 0.2) is 40.9 Å². The van der Waals surface area contributed by atoms with Crippen LogP contribution in [0.1, 0.15) is 26.3 Å². The Labute approximate surface area is 133 Å². The van der Waals surface area contributed by atoms with Crippen LogP contribution < -0.4 is 4.90 Å². The van der Waals surface area contributed by atoms with Gasteiger partial charge in [-0.1, -0.05) is 18.2 Å². The van der Waals surface area contributed by atoms with Gasteiger partial charge in [-0.25, -0.2) is 4.90 Å². The van der Waals surface area contributed by atoms with Gasteiger partial charge in [-0.3, -0.25) is 19.7 Å². The van der Waals surface area contributed by atoms with E-state index in [2.05, 4.69) is 15.9 Å². The van der Waals surface area contributed by atoms with Crippen molar-refractivity contribution in [3.63, 3.8) is 0 Å². The number of imide groups is 1. The number of benzene rings is 2. The number of hydrogen-bond donors (Lipinski definition) is 0. The molecule has 0 aromatic heterocycles. The van der Waals surface area contributed by atoms with E-state index >= 15 is 0 Å². The Morgan fingerprint density at radius 3 is 2.27 bits per heavy atom. The van der Waals surface area contributed by atoms with E-state index in [-0.39, 0.29) is 21.3 Å². The third-order valence-corrected chi connectivity index (χ3v) is 4.14. The summed E-state index contributed by atoms with van der Waals surface area (Å²) in [6.07, 6.45) is 0. The molecule has 0 radical (unpaired) electrons. The highest BCUT2D eigenvalue weighted by Gasteiger charge is 2.39. The topological polar surface area (TPSA) is 80.5 Å². The van der Waals surface area contributed by atoms with Crippen LogP contribution in [-0.4, -0.2) is 16.7 Å². The fourth-order valence-electron chi connectivity index (χ4n) is 2.42. The SMILES string of the molecule is Cc1ccccc1N1C(=O)c2cc(Br)c([N+](=O)[O-])cc2C1=O. The molecule has 0 atom stereocenters. The lowest BCUT2D eigenvalue weighted by molar-refractivity contribution is -0.385. The summed E-state index contributed by atoms with van der Waals surface area (Å²) in [4.78, 5) is 36.5. The molecule has 2 aromatic carbocycles. The molecule has 0 saturated carbocycles. The minimum atomic E-state index is -0.599. The van der Waals surface area contributed by atoms with Gasteiger partial charge in [0.2, 0.25) is 0 Å². The number of carbonyl (C=O) groups is 2. The second-order valence-corrected chi connectivity index (χ2v) is 5.69. The summed E-state index contributed by atoms with van der Waals surface area (Å²) in [5.74, 6) is -1.03. The number of para-hydroxylation sites is 1. The van der Waals surface area contributed by atoms with Gasteiger partial charge in [0.15, 0.2) is 0 Å². The molecule has 7 heteroatoms. The Hall–Kier alpha value is -2.54. The van der Waals surface area contributed by atoms with Crippen LogP contribution in [0, 0.1) is 17.0 Å². The third kappa shape index (κ3) is 2.01. The first-order valence-corrected chi connectivity index (χ1v) is 7.13. The molecule has 0 saturated heterocycles. The molecule has 2 aromatic rings. The fraction of sp³-hybridized carbons (Fsp3) is 0.0667. The molecular weight excluding hydrogens is 352 g/mol. The monoisotopic (exact) mass is 360 g/mol. The number of nitro benzene ring substituents is 1. The summed E-state index contributed by atoms with van der Waals surface area (Å²) in [6, 6.07) is 9.45. The van der Waals surface area contributed by atoms with E-state index in [9.17, 15) is 19.7 Å². The Kier molecular flexibility index (Phi) is 3.29. The van der Waals surface area contributed by atoms with Gasteiger partial charge in [0.1, 0.15) is 0 Å². The van der Waals surface area contributed by atoms with Gasteiger partial charge >= 0.3 is 0 Å². The van der Waals surface area contributed by atoms with Crippen LogP contribution in [0.4, 0.5) is 11.4 Å². The Morgan fingerprint density at radius 1 is 1.09 bits per heavy atom. The van der Waals surface area contributed by atoms with E-state index in [1.807, 2.05) is 0 Å². The number of fused-ring (bicyclic) bond motifs is 1. The quantitative estimate of drug-likeness (QED) is 0.466. The summed E-state index contributed by atoms with van der Waals surface area (Å²) in [7, 11) is 0. The van der Waals surface area contributed by atoms with Crippen molar-refractivity contribution in [2.75, 3.05) is 4.90 Å². The zero-order valence-corrected chi connectivity index (χ0v) is 13.0. The number of aryl methyl sites for hydroxylation is 1. The maximum Gasteiger partial charge on any atom is 0.284 e. The average molecular weight is 361 g/mol. The van der Waals surface area contributed by atoms with Crippen LogP contribution >= 0.6 is 15.9 Å². The van der Waals surface area contributed by atoms with Crippen LogP contribution in [-0.2, 0) is 0 Å². The smallest absolute Gasteiger partial charge is 0.268 e. The molecule has 1 aliphatic rings. The maximum absolute atomic E-state index is 12.5. The van der Waals surface area contributed by atoms with E-state index in [1.54, 1.807) is 31.2 Å². The number of anilines is 1. The minimum absolute atomic E-state index is 0.0446. The molecule has 1 heterocycles. The summed E-state index contributed by atoms with van der Waals surface area (Å²) in [5, 5.41) is 11.0. The van der Waals surface area contributed by atoms with Crippen LogP contribution in [0.25, 0.3) is 0 Å². The molecule has 0 N–H and O–H groups in total. The standard InChI is InChI=1S/C15H9BrN2O4/c1-8-4-2-3-5-12(8)17-14(19)9-6-11(16)13(18(21)22)7-10(9)15(17)20/h2-7H,1H3. The summed E-state index contributed by atoms with van der Waals surface area (Å²) < 4.78 is 0.170. The molecule has 6 nitrogen and oxygen atoms in total. The van der Waals surface area contributed by atoms with Gasteiger partial charge in [-0.05, 0) is 40.5 Å². The first-order chi connectivity index (χ1) is 10.4. The predicted octanol–water partition coefficient (Wildman–Crippen LogP) is 3.47. The number of nitro groups is 1. The molecule has 0 bridgehead atoms. The summed E-state index contributed by atoms with van der Waals surface area (Å²) >= 11 is 3.06. The Balaban J connectivity index is 2.17. The van der Waals surface area contributed by atoms with Gasteiger partial charge in [0.25, 0.3) is 17.5 Å². The maximum atomic E-state index is 12.5. The number of nitrogens with zero attached hydrogens (tertiary/aromatic N) is 2. The van der Waals surface area contributed by atoms with Gasteiger partial charge in [0, 0.05) is 6.07 Å². The predicted molar refractivity (Wildman–Crippen MR) is 83.1 cm³/mol. The van der Waals surface area contributed by atoms with Crippen molar-refractivity contribution in [1.29, 1.82) is 0 Å². The molecule has 1 aliphatic heterocycles. The largest absolute Gasteiger partial charge is 0.284 e. The van der Waals surface area contributed by atoms with Gasteiger partial charge in [-0.15, -0.1) is 0 Å². The van der Waals surface area contributed by atoms with E-state index in [4.69, 9.17) is 0 Å². The zero-order chi connectivity index (χ0) is 16.0. The van der Waals surface area contributed by atoms with Crippen molar-refractivity contribution in [1.82, 2.24) is 0 Å². The highest BCUT2D eigenvalue weighted by Crippen LogP contribution is 2.36. The normalized spacial score (nSPS) is 13.5. The van der Waals surface area contributed by atoms with E-state index in [0.29, 0.717) is 5.69 Å². The lowest BCUT2D eigenvalue weighted by Gasteiger charge is -2.16. The lowest BCUT2D eigenvalue weighted by Crippen LogP contribution is -2.29. The van der Waals surface area contributed by atoms with Crippen LogP contribution in [0.3, 0.4) is 0 Å². The van der Waals surface area contributed by atoms with Crippen molar-refractivity contribution < 1.29 is 14.5 Å². The van der Waals surface area contributed by atoms with Crippen molar-refractivity contribution >= 4 is 39.1 Å². The second kappa shape index (κ2) is 5.03. The zero-order valence-electron chi connectivity index (χ0n) is 11.4. The molecule has 0 aliphatic carbocycles. The molecule has 22 heavy (non-hydrogen) atoms. The van der Waals surface area contributed by atoms with Gasteiger partial charge in [-0.2, -0.15) is 0 Å². The Morgan fingerprint density at radius 2 is 1.68 bits per heavy atom. The van der Waals surface area contributed by atoms with Crippen molar-refractivity contribution in [2.24, 2.45) is 0 Å². The summed E-state index contributed by atoms with van der Waals surface area (Å²) in [5.41, 5.74) is 1.21. The van der Waals surface area contributed by atoms with E-state index in [0.717, 1.165) is 16.5 Å². The van der Waals surface area contributed by atoms with E-state index in [1.165, 1.54) is 6.07 Å². The summed E-state index contributed by atoms with van der Waals surface area (Å²) in [6.45, 7) is 1.79. The van der Waals surface area contributed by atoms with Crippen molar-refractivity contribution in [2.45, 2.75) is 6.92 Å². The van der Waals surface area contributed by atoms with Gasteiger partial charge in [0.05, 0.1) is 26.2 Å². The molecule has 110 valence electrons. The first kappa shape index (κ1) is 14.4. The number of carbonyl (C=O) groups excluding carboxylic acids is 2. The van der Waals surface area contributed by atoms with Crippen molar-refractivity contribution in [3.8, 4) is 0 Å². The average Bonchev–Trinajstić information content (AvgIpc) is 2.70. The van der Waals surface area contributed by atoms with Crippen molar-refractivity contribution in [3.05, 3.63) is 67.7 Å². The third-order valence-electron chi connectivity index (χ3n) is 3.51. The van der Waals surface area contributed by atoms with E-state index < -0.39 is 16.7 Å². The minimum Gasteiger partial charge on any atom is -0.268 e. The highest BCUT2D eigenvalue weighted by molar-refractivity contribution is 9.10. The molecule has 0 fully saturated rings. The number of hydrogen-bond acceptors (Lipinski definition) is 4. The number of rotatable bonds is 2. The van der Waals surface area contributed by atoms with Gasteiger partial charge < -0.3 is 0 Å². The lowest BCUT2D eigenvalue weighted by atomic mass is 10.1. The molecule has 3 rings (SSSR count). The molecule has 0 unspecified atom stereocenters. The molecular formula is C15H9BrN2O4. The number of amides is 2. The Bertz CT molecular complexity index is 847.